The van der Waals surface area contributed by atoms with Crippen LogP contribution in [0.3, 0.4) is 0 Å². The molecule has 0 aliphatic rings. The van der Waals surface area contributed by atoms with E-state index in [4.69, 9.17) is 18.0 Å². The summed E-state index contributed by atoms with van der Waals surface area (Å²) in [5.74, 6) is -0.940. The Hall–Kier alpha value is -1.86. The van der Waals surface area contributed by atoms with Gasteiger partial charge in [-0.1, -0.05) is 18.3 Å². The summed E-state index contributed by atoms with van der Waals surface area (Å²) in [5.41, 5.74) is 7.26. The third kappa shape index (κ3) is 2.52. The summed E-state index contributed by atoms with van der Waals surface area (Å²) >= 11 is 5.95. The Morgan fingerprint density at radius 2 is 2.28 bits per heavy atom. The molecular weight excluding hydrogens is 273 g/mol. The number of thiocarbonyl (C=S) groups is 1. The van der Waals surface area contributed by atoms with Crippen LogP contribution in [0.5, 0.6) is 0 Å². The molecule has 0 atom stereocenters. The molecule has 0 spiro atoms. The molecule has 0 aliphatic heterocycles. The highest BCUT2D eigenvalue weighted by molar-refractivity contribution is 7.80. The number of nitrogens with two attached hydrogens (primary N) is 1. The van der Waals surface area contributed by atoms with E-state index in [1.807, 2.05) is 0 Å². The smallest absolute Gasteiger partial charge is 0.267 e. The average molecular weight is 281 g/mol. The molecule has 0 saturated carbocycles. The first-order chi connectivity index (χ1) is 8.59. The van der Waals surface area contributed by atoms with E-state index in [1.54, 1.807) is 0 Å². The van der Waals surface area contributed by atoms with Gasteiger partial charge >= 0.3 is 0 Å². The molecule has 2 rings (SSSR count). The van der Waals surface area contributed by atoms with Crippen molar-refractivity contribution in [1.29, 1.82) is 0 Å². The Morgan fingerprint density at radius 1 is 1.50 bits per heavy atom. The summed E-state index contributed by atoms with van der Waals surface area (Å²) in [4.78, 5) is 15.9. The highest BCUT2D eigenvalue weighted by Gasteiger charge is 2.14. The van der Waals surface area contributed by atoms with Gasteiger partial charge in [-0.3, -0.25) is 9.78 Å². The maximum absolute atomic E-state index is 13.6. The molecule has 2 aromatic rings. The zero-order valence-corrected chi connectivity index (χ0v) is 10.6. The topological polar surface area (TPSA) is 68.0 Å². The number of benzene rings is 1. The second-order valence-corrected chi connectivity index (χ2v) is 4.67. The number of hydrogen-bond donors (Lipinski definition) is 2. The SMILES string of the molecule is NC(=S)c1c(F)cccc1NC(=O)c1cncs1. The highest BCUT2D eigenvalue weighted by Crippen LogP contribution is 2.20. The predicted molar refractivity (Wildman–Crippen MR) is 72.4 cm³/mol. The minimum atomic E-state index is -0.565. The van der Waals surface area contributed by atoms with Gasteiger partial charge in [-0.15, -0.1) is 11.3 Å². The van der Waals surface area contributed by atoms with Crippen molar-refractivity contribution in [3.63, 3.8) is 0 Å². The van der Waals surface area contributed by atoms with E-state index >= 15 is 0 Å². The fraction of sp³-hybridized carbons (Fsp3) is 0. The van der Waals surface area contributed by atoms with Crippen LogP contribution in [-0.4, -0.2) is 15.9 Å². The molecule has 1 aromatic carbocycles. The van der Waals surface area contributed by atoms with Crippen molar-refractivity contribution in [2.75, 3.05) is 5.32 Å². The summed E-state index contributed by atoms with van der Waals surface area (Å²) in [7, 11) is 0. The highest BCUT2D eigenvalue weighted by atomic mass is 32.1. The lowest BCUT2D eigenvalue weighted by Crippen LogP contribution is -2.18. The molecule has 0 saturated heterocycles. The van der Waals surface area contributed by atoms with Gasteiger partial charge in [0.05, 0.1) is 23.0 Å². The largest absolute Gasteiger partial charge is 0.389 e. The molecule has 0 aliphatic carbocycles. The van der Waals surface area contributed by atoms with Crippen molar-refractivity contribution in [2.24, 2.45) is 5.73 Å². The molecule has 18 heavy (non-hydrogen) atoms. The van der Waals surface area contributed by atoms with Gasteiger partial charge in [0.1, 0.15) is 15.7 Å². The Balaban J connectivity index is 2.32. The van der Waals surface area contributed by atoms with E-state index in [1.165, 1.54) is 41.2 Å². The number of rotatable bonds is 3. The lowest BCUT2D eigenvalue weighted by Gasteiger charge is -2.09. The van der Waals surface area contributed by atoms with Crippen molar-refractivity contribution in [2.45, 2.75) is 0 Å². The number of aromatic nitrogens is 1. The van der Waals surface area contributed by atoms with Crippen LogP contribution in [0.2, 0.25) is 0 Å². The first kappa shape index (κ1) is 12.6. The summed E-state index contributed by atoms with van der Waals surface area (Å²) in [6.45, 7) is 0. The van der Waals surface area contributed by atoms with Gasteiger partial charge in [-0.2, -0.15) is 0 Å². The lowest BCUT2D eigenvalue weighted by atomic mass is 10.1. The van der Waals surface area contributed by atoms with Gasteiger partial charge in [-0.05, 0) is 12.1 Å². The van der Waals surface area contributed by atoms with Gasteiger partial charge in [-0.25, -0.2) is 4.39 Å². The van der Waals surface area contributed by atoms with Crippen LogP contribution in [0.25, 0.3) is 0 Å². The Labute approximate surface area is 112 Å². The van der Waals surface area contributed by atoms with Crippen molar-refractivity contribution >= 4 is 40.1 Å². The maximum atomic E-state index is 13.6. The van der Waals surface area contributed by atoms with Crippen molar-refractivity contribution < 1.29 is 9.18 Å². The molecule has 0 bridgehead atoms. The molecule has 0 radical (unpaired) electrons. The lowest BCUT2D eigenvalue weighted by molar-refractivity contribution is 0.103. The van der Waals surface area contributed by atoms with Crippen LogP contribution in [0.15, 0.2) is 29.9 Å². The second kappa shape index (κ2) is 5.19. The number of nitrogens with one attached hydrogen (secondary N) is 1. The Kier molecular flexibility index (Phi) is 3.63. The third-order valence-corrected chi connectivity index (χ3v) is 3.14. The van der Waals surface area contributed by atoms with Crippen LogP contribution < -0.4 is 11.1 Å². The molecule has 3 N–H and O–H groups in total. The Morgan fingerprint density at radius 3 is 2.89 bits per heavy atom. The summed E-state index contributed by atoms with van der Waals surface area (Å²) in [5, 5.41) is 2.56. The molecule has 0 unspecified atom stereocenters. The molecule has 1 heterocycles. The quantitative estimate of drug-likeness (QED) is 0.846. The van der Waals surface area contributed by atoms with Crippen molar-refractivity contribution in [3.8, 4) is 0 Å². The first-order valence-electron chi connectivity index (χ1n) is 4.87. The molecule has 1 aromatic heterocycles. The summed E-state index contributed by atoms with van der Waals surface area (Å²) in [6.07, 6.45) is 1.43. The van der Waals surface area contributed by atoms with Gasteiger partial charge in [0, 0.05) is 0 Å². The monoisotopic (exact) mass is 281 g/mol. The van der Waals surface area contributed by atoms with Gasteiger partial charge in [0.25, 0.3) is 5.91 Å². The maximum Gasteiger partial charge on any atom is 0.267 e. The number of nitrogens with zero attached hydrogens (tertiary/aromatic N) is 1. The van der Waals surface area contributed by atoms with Crippen molar-refractivity contribution in [1.82, 2.24) is 4.98 Å². The summed E-state index contributed by atoms with van der Waals surface area (Å²) < 4.78 is 13.6. The van der Waals surface area contributed by atoms with E-state index in [9.17, 15) is 9.18 Å². The van der Waals surface area contributed by atoms with Crippen LogP contribution in [0.4, 0.5) is 10.1 Å². The normalized spacial score (nSPS) is 10.1. The fourth-order valence-corrected chi connectivity index (χ4v) is 2.11. The van der Waals surface area contributed by atoms with Gasteiger partial charge in [0.15, 0.2) is 0 Å². The third-order valence-electron chi connectivity index (χ3n) is 2.16. The van der Waals surface area contributed by atoms with Crippen LogP contribution in [-0.2, 0) is 0 Å². The van der Waals surface area contributed by atoms with Crippen molar-refractivity contribution in [3.05, 3.63) is 46.2 Å². The second-order valence-electron chi connectivity index (χ2n) is 3.35. The number of hydrogen-bond acceptors (Lipinski definition) is 4. The van der Waals surface area contributed by atoms with E-state index in [2.05, 4.69) is 10.3 Å². The van der Waals surface area contributed by atoms with Crippen LogP contribution in [0.1, 0.15) is 15.2 Å². The number of anilines is 1. The molecule has 0 fully saturated rings. The van der Waals surface area contributed by atoms with Gasteiger partial charge < -0.3 is 11.1 Å². The number of amides is 1. The van der Waals surface area contributed by atoms with E-state index in [-0.39, 0.29) is 22.1 Å². The number of carbonyl (C=O) groups excluding carboxylic acids is 1. The van der Waals surface area contributed by atoms with Gasteiger partial charge in [0.2, 0.25) is 0 Å². The van der Waals surface area contributed by atoms with Crippen LogP contribution in [0, 0.1) is 5.82 Å². The molecular formula is C11H8FN3OS2. The predicted octanol–water partition coefficient (Wildman–Crippen LogP) is 2.17. The van der Waals surface area contributed by atoms with E-state index < -0.39 is 5.82 Å². The van der Waals surface area contributed by atoms with Crippen LogP contribution >= 0.6 is 23.6 Å². The zero-order chi connectivity index (χ0) is 13.1. The minimum absolute atomic E-state index is 0.0327. The number of halogens is 1. The molecule has 92 valence electrons. The zero-order valence-electron chi connectivity index (χ0n) is 9.01. The van der Waals surface area contributed by atoms with E-state index in [0.29, 0.717) is 4.88 Å². The Bertz CT molecular complexity index is 598. The standard InChI is InChI=1S/C11H8FN3OS2/c12-6-2-1-3-7(9(6)10(13)17)15-11(16)8-4-14-5-18-8/h1-5H,(H2,13,17)(H,15,16). The fourth-order valence-electron chi connectivity index (χ4n) is 1.39. The number of thiazole rings is 1. The van der Waals surface area contributed by atoms with E-state index in [0.717, 1.165) is 0 Å². The average Bonchev–Trinajstić information content (AvgIpc) is 2.81. The molecule has 4 nitrogen and oxygen atoms in total. The first-order valence-corrected chi connectivity index (χ1v) is 6.16. The summed E-state index contributed by atoms with van der Waals surface area (Å²) in [6, 6.07) is 4.24. The number of carbonyl (C=O) groups is 1. The minimum Gasteiger partial charge on any atom is -0.389 e. The molecule has 1 amide bonds. The molecule has 7 heteroatoms.